The van der Waals surface area contributed by atoms with E-state index in [2.05, 4.69) is 10.2 Å². The fraction of sp³-hybridized carbons (Fsp3) is 0.429. The van der Waals surface area contributed by atoms with Crippen molar-refractivity contribution in [1.82, 2.24) is 4.90 Å². The second-order valence-corrected chi connectivity index (χ2v) is 7.93. The lowest BCUT2D eigenvalue weighted by Gasteiger charge is -2.21. The number of nitrogens with zero attached hydrogens (tertiary/aromatic N) is 1. The van der Waals surface area contributed by atoms with Gasteiger partial charge in [-0.1, -0.05) is 12.1 Å². The molecule has 1 fully saturated rings. The van der Waals surface area contributed by atoms with Crippen molar-refractivity contribution in [3.8, 4) is 5.75 Å². The molecule has 0 saturated heterocycles. The fourth-order valence-corrected chi connectivity index (χ4v) is 4.01. The topological polar surface area (TPSA) is 67.9 Å². The molecule has 1 aromatic heterocycles. The normalized spacial score (nSPS) is 13.4. The molecule has 1 aromatic carbocycles. The zero-order valence-electron chi connectivity index (χ0n) is 16.5. The van der Waals surface area contributed by atoms with Crippen molar-refractivity contribution in [2.24, 2.45) is 0 Å². The minimum Gasteiger partial charge on any atom is -0.497 e. The molecule has 0 bridgehead atoms. The van der Waals surface area contributed by atoms with Crippen molar-refractivity contribution < 1.29 is 19.1 Å². The van der Waals surface area contributed by atoms with Crippen LogP contribution < -0.4 is 10.1 Å². The van der Waals surface area contributed by atoms with Gasteiger partial charge < -0.3 is 14.8 Å². The van der Waals surface area contributed by atoms with Gasteiger partial charge in [-0.2, -0.15) is 0 Å². The van der Waals surface area contributed by atoms with Crippen molar-refractivity contribution in [3.05, 3.63) is 46.3 Å². The summed E-state index contributed by atoms with van der Waals surface area (Å²) >= 11 is 1.26. The molecule has 1 aliphatic carbocycles. The summed E-state index contributed by atoms with van der Waals surface area (Å²) in [6, 6.07) is 10.2. The molecule has 28 heavy (non-hydrogen) atoms. The first kappa shape index (κ1) is 20.4. The summed E-state index contributed by atoms with van der Waals surface area (Å²) in [7, 11) is 1.65. The average molecular weight is 403 g/mol. The van der Waals surface area contributed by atoms with E-state index in [0.717, 1.165) is 36.3 Å². The van der Waals surface area contributed by atoms with E-state index in [-0.39, 0.29) is 11.9 Å². The van der Waals surface area contributed by atoms with Gasteiger partial charge >= 0.3 is 5.97 Å². The zero-order valence-corrected chi connectivity index (χ0v) is 17.3. The first-order valence-electron chi connectivity index (χ1n) is 9.44. The van der Waals surface area contributed by atoms with Crippen molar-refractivity contribution in [1.29, 1.82) is 0 Å². The minimum absolute atomic E-state index is 0.0722. The summed E-state index contributed by atoms with van der Waals surface area (Å²) in [5.74, 6) is 0.409. The number of hydrogen-bond acceptors (Lipinski definition) is 6. The number of amides is 1. The monoisotopic (exact) mass is 402 g/mol. The van der Waals surface area contributed by atoms with E-state index < -0.39 is 0 Å². The van der Waals surface area contributed by atoms with Crippen LogP contribution in [-0.2, 0) is 16.1 Å². The lowest BCUT2D eigenvalue weighted by Crippen LogP contribution is -2.34. The number of thiophene rings is 1. The predicted octanol–water partition coefficient (Wildman–Crippen LogP) is 3.84. The molecule has 0 radical (unpaired) electrons. The Morgan fingerprint density at radius 2 is 1.96 bits per heavy atom. The average Bonchev–Trinajstić information content (AvgIpc) is 3.45. The molecule has 0 unspecified atom stereocenters. The lowest BCUT2D eigenvalue weighted by atomic mass is 10.2. The highest BCUT2D eigenvalue weighted by Gasteiger charge is 2.30. The minimum atomic E-state index is -0.343. The number of carbonyl (C=O) groups is 2. The van der Waals surface area contributed by atoms with Gasteiger partial charge in [-0.05, 0) is 56.0 Å². The highest BCUT2D eigenvalue weighted by Crippen LogP contribution is 2.30. The van der Waals surface area contributed by atoms with Crippen molar-refractivity contribution in [2.45, 2.75) is 39.3 Å². The summed E-state index contributed by atoms with van der Waals surface area (Å²) in [6.45, 7) is 5.00. The van der Waals surface area contributed by atoms with E-state index >= 15 is 0 Å². The van der Waals surface area contributed by atoms with Crippen LogP contribution in [0.15, 0.2) is 30.3 Å². The van der Waals surface area contributed by atoms with E-state index in [1.165, 1.54) is 11.3 Å². The highest BCUT2D eigenvalue weighted by atomic mass is 32.1. The summed E-state index contributed by atoms with van der Waals surface area (Å²) in [5.41, 5.74) is 1.97. The van der Waals surface area contributed by atoms with E-state index in [1.54, 1.807) is 14.0 Å². The number of aryl methyl sites for hydroxylation is 1. The Hall–Kier alpha value is -2.38. The Bertz CT molecular complexity index is 827. The summed E-state index contributed by atoms with van der Waals surface area (Å²) in [6.07, 6.45) is 2.24. The largest absolute Gasteiger partial charge is 0.497 e. The third kappa shape index (κ3) is 5.33. The van der Waals surface area contributed by atoms with Crippen LogP contribution in [0.3, 0.4) is 0 Å². The molecule has 7 heteroatoms. The molecular weight excluding hydrogens is 376 g/mol. The van der Waals surface area contributed by atoms with Crippen LogP contribution in [0.2, 0.25) is 0 Å². The lowest BCUT2D eigenvalue weighted by molar-refractivity contribution is -0.117. The summed E-state index contributed by atoms with van der Waals surface area (Å²) in [5, 5.41) is 3.60. The molecule has 0 atom stereocenters. The van der Waals surface area contributed by atoms with E-state index in [1.807, 2.05) is 37.3 Å². The van der Waals surface area contributed by atoms with Crippen LogP contribution in [0.5, 0.6) is 5.75 Å². The van der Waals surface area contributed by atoms with E-state index in [9.17, 15) is 9.59 Å². The van der Waals surface area contributed by atoms with E-state index in [4.69, 9.17) is 9.47 Å². The highest BCUT2D eigenvalue weighted by molar-refractivity contribution is 7.18. The van der Waals surface area contributed by atoms with Gasteiger partial charge in [0, 0.05) is 12.6 Å². The zero-order chi connectivity index (χ0) is 20.1. The maximum atomic E-state index is 12.6. The molecule has 3 rings (SSSR count). The SMILES string of the molecule is CCOC(=O)c1sc(NC(=O)CN(Cc2ccc(OC)cc2)C2CC2)cc1C. The van der Waals surface area contributed by atoms with E-state index in [0.29, 0.717) is 29.1 Å². The third-order valence-electron chi connectivity index (χ3n) is 4.60. The van der Waals surface area contributed by atoms with Crippen LogP contribution in [0.4, 0.5) is 5.00 Å². The van der Waals surface area contributed by atoms with Crippen LogP contribution in [0.25, 0.3) is 0 Å². The van der Waals surface area contributed by atoms with Gasteiger partial charge in [0.15, 0.2) is 0 Å². The molecule has 1 amide bonds. The van der Waals surface area contributed by atoms with Crippen LogP contribution in [0, 0.1) is 6.92 Å². The number of hydrogen-bond donors (Lipinski definition) is 1. The van der Waals surface area contributed by atoms with Crippen molar-refractivity contribution in [3.63, 3.8) is 0 Å². The van der Waals surface area contributed by atoms with Crippen molar-refractivity contribution in [2.75, 3.05) is 25.6 Å². The molecule has 6 nitrogen and oxygen atoms in total. The van der Waals surface area contributed by atoms with Gasteiger partial charge in [0.2, 0.25) is 5.91 Å². The Balaban J connectivity index is 1.60. The molecule has 0 aliphatic heterocycles. The Labute approximate surface area is 169 Å². The van der Waals surface area contributed by atoms with Crippen LogP contribution >= 0.6 is 11.3 Å². The number of esters is 1. The maximum absolute atomic E-state index is 12.6. The molecule has 1 aliphatic rings. The number of carbonyl (C=O) groups excluding carboxylic acids is 2. The summed E-state index contributed by atoms with van der Waals surface area (Å²) in [4.78, 5) is 27.3. The van der Waals surface area contributed by atoms with Crippen LogP contribution in [-0.4, -0.2) is 43.1 Å². The molecule has 0 spiro atoms. The second kappa shape index (κ2) is 9.21. The standard InChI is InChI=1S/C21H26N2O4S/c1-4-27-21(25)20-14(2)11-19(28-20)22-18(24)13-23(16-7-8-16)12-15-5-9-17(26-3)10-6-15/h5-6,9-11,16H,4,7-8,12-13H2,1-3H3,(H,22,24). The molecule has 1 heterocycles. The van der Waals surface area contributed by atoms with Crippen molar-refractivity contribution >= 4 is 28.2 Å². The molecule has 150 valence electrons. The number of ether oxygens (including phenoxy) is 2. The molecular formula is C21H26N2O4S. The number of rotatable bonds is 9. The molecule has 1 N–H and O–H groups in total. The number of nitrogens with one attached hydrogen (secondary N) is 1. The third-order valence-corrected chi connectivity index (χ3v) is 5.73. The molecule has 2 aromatic rings. The van der Waals surface area contributed by atoms with Gasteiger partial charge in [-0.25, -0.2) is 4.79 Å². The second-order valence-electron chi connectivity index (χ2n) is 6.88. The Morgan fingerprint density at radius 3 is 2.57 bits per heavy atom. The molecule has 1 saturated carbocycles. The smallest absolute Gasteiger partial charge is 0.348 e. The van der Waals surface area contributed by atoms with Gasteiger partial charge in [0.05, 0.1) is 25.3 Å². The van der Waals surface area contributed by atoms with Gasteiger partial charge in [-0.15, -0.1) is 11.3 Å². The summed E-state index contributed by atoms with van der Waals surface area (Å²) < 4.78 is 10.3. The fourth-order valence-electron chi connectivity index (χ4n) is 3.02. The Morgan fingerprint density at radius 1 is 1.25 bits per heavy atom. The van der Waals surface area contributed by atoms with Gasteiger partial charge in [0.25, 0.3) is 0 Å². The first-order chi connectivity index (χ1) is 13.5. The number of anilines is 1. The first-order valence-corrected chi connectivity index (χ1v) is 10.3. The van der Waals surface area contributed by atoms with Gasteiger partial charge in [-0.3, -0.25) is 9.69 Å². The van der Waals surface area contributed by atoms with Gasteiger partial charge in [0.1, 0.15) is 10.6 Å². The predicted molar refractivity (Wildman–Crippen MR) is 110 cm³/mol. The quantitative estimate of drug-likeness (QED) is 0.646. The number of methoxy groups -OCH3 is 1. The number of benzene rings is 1. The maximum Gasteiger partial charge on any atom is 0.348 e. The van der Waals surface area contributed by atoms with Crippen LogP contribution in [0.1, 0.15) is 40.6 Å². The Kier molecular flexibility index (Phi) is 6.70.